The van der Waals surface area contributed by atoms with Crippen LogP contribution in [-0.2, 0) is 10.0 Å². The van der Waals surface area contributed by atoms with Crippen LogP contribution in [0.15, 0.2) is 27.2 Å². The normalized spacial score (nSPS) is 16.6. The molecule has 0 aromatic carbocycles. The molecule has 0 saturated carbocycles. The second-order valence-electron chi connectivity index (χ2n) is 5.88. The Morgan fingerprint density at radius 3 is 2.60 bits per heavy atom. The molecule has 10 heteroatoms. The number of anilines is 1. The molecule has 8 nitrogen and oxygen atoms in total. The van der Waals surface area contributed by atoms with Gasteiger partial charge in [0.25, 0.3) is 0 Å². The van der Waals surface area contributed by atoms with E-state index >= 15 is 0 Å². The number of hydrogen-bond donors (Lipinski definition) is 0. The third-order valence-electron chi connectivity index (χ3n) is 4.34. The van der Waals surface area contributed by atoms with Gasteiger partial charge in [0.1, 0.15) is 27.6 Å². The number of aryl methyl sites for hydroxylation is 2. The van der Waals surface area contributed by atoms with Crippen molar-refractivity contribution in [2.45, 2.75) is 18.7 Å². The molecule has 0 N–H and O–H groups in total. The highest BCUT2D eigenvalue weighted by Crippen LogP contribution is 2.29. The van der Waals surface area contributed by atoms with Gasteiger partial charge >= 0.3 is 0 Å². The monoisotopic (exact) mass is 379 g/mol. The fraction of sp³-hybridized carbons (Fsp3) is 0.400. The van der Waals surface area contributed by atoms with Gasteiger partial charge in [-0.25, -0.2) is 18.4 Å². The summed E-state index contributed by atoms with van der Waals surface area (Å²) in [5.41, 5.74) is 0.399. The van der Waals surface area contributed by atoms with Crippen molar-refractivity contribution < 1.29 is 12.9 Å². The van der Waals surface area contributed by atoms with Crippen molar-refractivity contribution in [3.8, 4) is 0 Å². The Morgan fingerprint density at radius 2 is 1.92 bits per heavy atom. The predicted octanol–water partition coefficient (Wildman–Crippen LogP) is 1.81. The van der Waals surface area contributed by atoms with Crippen molar-refractivity contribution >= 4 is 37.4 Å². The highest BCUT2D eigenvalue weighted by atomic mass is 32.2. The van der Waals surface area contributed by atoms with Crippen LogP contribution in [0.3, 0.4) is 0 Å². The molecule has 0 amide bonds. The molecule has 0 spiro atoms. The van der Waals surface area contributed by atoms with Gasteiger partial charge in [-0.3, -0.25) is 0 Å². The Hall–Kier alpha value is -2.04. The molecule has 3 aromatic heterocycles. The summed E-state index contributed by atoms with van der Waals surface area (Å²) < 4.78 is 32.3. The maximum atomic E-state index is 12.9. The average molecular weight is 379 g/mol. The maximum absolute atomic E-state index is 12.9. The minimum absolute atomic E-state index is 0.184. The Morgan fingerprint density at radius 1 is 1.16 bits per heavy atom. The van der Waals surface area contributed by atoms with E-state index in [0.717, 1.165) is 16.0 Å². The Balaban J connectivity index is 1.57. The van der Waals surface area contributed by atoms with Crippen molar-refractivity contribution in [1.29, 1.82) is 0 Å². The van der Waals surface area contributed by atoms with Crippen LogP contribution in [0.2, 0.25) is 0 Å². The Kier molecular flexibility index (Phi) is 3.97. The number of sulfonamides is 1. The predicted molar refractivity (Wildman–Crippen MR) is 94.4 cm³/mol. The molecule has 0 radical (unpaired) electrons. The highest BCUT2D eigenvalue weighted by Gasteiger charge is 2.33. The zero-order chi connectivity index (χ0) is 17.6. The van der Waals surface area contributed by atoms with Crippen molar-refractivity contribution in [1.82, 2.24) is 19.4 Å². The third kappa shape index (κ3) is 2.70. The zero-order valence-electron chi connectivity index (χ0n) is 13.8. The first-order chi connectivity index (χ1) is 12.0. The van der Waals surface area contributed by atoms with Crippen molar-refractivity contribution in [2.75, 3.05) is 31.1 Å². The number of rotatable bonds is 3. The van der Waals surface area contributed by atoms with E-state index < -0.39 is 10.0 Å². The first kappa shape index (κ1) is 16.4. The molecule has 132 valence electrons. The van der Waals surface area contributed by atoms with Gasteiger partial charge in [0, 0.05) is 26.2 Å². The van der Waals surface area contributed by atoms with Gasteiger partial charge in [-0.15, -0.1) is 11.3 Å². The molecule has 4 rings (SSSR count). The van der Waals surface area contributed by atoms with Crippen LogP contribution in [0, 0.1) is 13.8 Å². The van der Waals surface area contributed by atoms with Crippen LogP contribution in [0.1, 0.15) is 11.5 Å². The fourth-order valence-electron chi connectivity index (χ4n) is 3.14. The highest BCUT2D eigenvalue weighted by molar-refractivity contribution is 7.89. The fourth-order valence-corrected chi connectivity index (χ4v) is 5.58. The van der Waals surface area contributed by atoms with E-state index in [4.69, 9.17) is 4.52 Å². The molecule has 3 aromatic rings. The van der Waals surface area contributed by atoms with Crippen LogP contribution in [-0.4, -0.2) is 54.0 Å². The van der Waals surface area contributed by atoms with Gasteiger partial charge in [-0.05, 0) is 25.3 Å². The summed E-state index contributed by atoms with van der Waals surface area (Å²) in [6, 6.07) is 2.00. The molecule has 0 bridgehead atoms. The number of aromatic nitrogens is 3. The lowest BCUT2D eigenvalue weighted by atomic mass is 10.3. The van der Waals surface area contributed by atoms with E-state index in [9.17, 15) is 8.42 Å². The van der Waals surface area contributed by atoms with E-state index in [1.165, 1.54) is 4.31 Å². The quantitative estimate of drug-likeness (QED) is 0.685. The number of nitrogens with zero attached hydrogens (tertiary/aromatic N) is 5. The lowest BCUT2D eigenvalue weighted by Crippen LogP contribution is -2.49. The maximum Gasteiger partial charge on any atom is 0.248 e. The van der Waals surface area contributed by atoms with Crippen LogP contribution in [0.25, 0.3) is 10.2 Å². The lowest BCUT2D eigenvalue weighted by Gasteiger charge is -2.34. The van der Waals surface area contributed by atoms with Gasteiger partial charge in [-0.1, -0.05) is 5.16 Å². The molecule has 0 unspecified atom stereocenters. The summed E-state index contributed by atoms with van der Waals surface area (Å²) in [4.78, 5) is 11.9. The van der Waals surface area contributed by atoms with Crippen molar-refractivity contribution in [2.24, 2.45) is 0 Å². The molecule has 4 heterocycles. The molecule has 1 fully saturated rings. The second-order valence-corrected chi connectivity index (χ2v) is 8.65. The minimum atomic E-state index is -3.60. The summed E-state index contributed by atoms with van der Waals surface area (Å²) in [5.74, 6) is 1.19. The zero-order valence-corrected chi connectivity index (χ0v) is 15.5. The SMILES string of the molecule is Cc1noc(C)c1S(=O)(=O)N1CCN(c2ncnc3sccc23)CC1. The summed E-state index contributed by atoms with van der Waals surface area (Å²) >= 11 is 1.57. The van der Waals surface area contributed by atoms with Crippen molar-refractivity contribution in [3.05, 3.63) is 29.2 Å². The Bertz CT molecular complexity index is 999. The summed E-state index contributed by atoms with van der Waals surface area (Å²) in [6.45, 7) is 5.20. The van der Waals surface area contributed by atoms with E-state index in [1.807, 2.05) is 11.4 Å². The summed E-state index contributed by atoms with van der Waals surface area (Å²) in [5, 5.41) is 6.76. The standard InChI is InChI=1S/C15H17N5O3S2/c1-10-13(11(2)23-18-10)25(21,22)20-6-4-19(5-7-20)14-12-3-8-24-15(12)17-9-16-14/h3,8-9H,4-7H2,1-2H3. The van der Waals surface area contributed by atoms with Crippen LogP contribution < -0.4 is 4.90 Å². The van der Waals surface area contributed by atoms with Crippen LogP contribution >= 0.6 is 11.3 Å². The van der Waals surface area contributed by atoms with E-state index in [1.54, 1.807) is 31.5 Å². The van der Waals surface area contributed by atoms with Gasteiger partial charge in [0.2, 0.25) is 10.0 Å². The van der Waals surface area contributed by atoms with Gasteiger partial charge in [0.15, 0.2) is 5.76 Å². The third-order valence-corrected chi connectivity index (χ3v) is 7.31. The first-order valence-corrected chi connectivity index (χ1v) is 10.2. The second kappa shape index (κ2) is 6.04. The van der Waals surface area contributed by atoms with Crippen LogP contribution in [0.4, 0.5) is 5.82 Å². The number of hydrogen-bond acceptors (Lipinski definition) is 8. The topological polar surface area (TPSA) is 92.4 Å². The van der Waals surface area contributed by atoms with E-state index in [2.05, 4.69) is 20.0 Å². The van der Waals surface area contributed by atoms with Crippen molar-refractivity contribution in [3.63, 3.8) is 0 Å². The molecule has 1 saturated heterocycles. The number of piperazine rings is 1. The van der Waals surface area contributed by atoms with Gasteiger partial charge < -0.3 is 9.42 Å². The minimum Gasteiger partial charge on any atom is -0.360 e. The molecule has 1 aliphatic heterocycles. The van der Waals surface area contributed by atoms with E-state index in [0.29, 0.717) is 37.6 Å². The lowest BCUT2D eigenvalue weighted by molar-refractivity contribution is 0.378. The molecule has 0 atom stereocenters. The number of thiophene rings is 1. The molecule has 1 aliphatic rings. The first-order valence-electron chi connectivity index (χ1n) is 7.84. The summed E-state index contributed by atoms with van der Waals surface area (Å²) in [6.07, 6.45) is 1.56. The number of fused-ring (bicyclic) bond motifs is 1. The molecular formula is C15H17N5O3S2. The van der Waals surface area contributed by atoms with E-state index in [-0.39, 0.29) is 4.90 Å². The Labute approximate surface area is 149 Å². The van der Waals surface area contributed by atoms with Gasteiger partial charge in [0.05, 0.1) is 5.39 Å². The largest absolute Gasteiger partial charge is 0.360 e. The smallest absolute Gasteiger partial charge is 0.248 e. The molecule has 0 aliphatic carbocycles. The van der Waals surface area contributed by atoms with Gasteiger partial charge in [-0.2, -0.15) is 4.31 Å². The molecule has 25 heavy (non-hydrogen) atoms. The van der Waals surface area contributed by atoms with Crippen LogP contribution in [0.5, 0.6) is 0 Å². The average Bonchev–Trinajstić information content (AvgIpc) is 3.21. The molecular weight excluding hydrogens is 362 g/mol. The summed E-state index contributed by atoms with van der Waals surface area (Å²) in [7, 11) is -3.60.